The minimum atomic E-state index is -0.451. The molecule has 0 saturated heterocycles. The van der Waals surface area contributed by atoms with Gasteiger partial charge in [0.25, 0.3) is 5.69 Å². The lowest BCUT2D eigenvalue weighted by Gasteiger charge is -2.38. The summed E-state index contributed by atoms with van der Waals surface area (Å²) in [5.41, 5.74) is 5.26. The maximum absolute atomic E-state index is 11.0. The third-order valence-electron chi connectivity index (χ3n) is 5.53. The molecule has 0 bridgehead atoms. The van der Waals surface area contributed by atoms with Gasteiger partial charge in [-0.3, -0.25) is 10.1 Å². The number of aryl methyl sites for hydroxylation is 1. The van der Waals surface area contributed by atoms with E-state index in [4.69, 9.17) is 9.84 Å². The number of rotatable bonds is 3. The lowest BCUT2D eigenvalue weighted by molar-refractivity contribution is -0.384. The molecule has 7 heteroatoms. The van der Waals surface area contributed by atoms with Crippen LogP contribution in [0.1, 0.15) is 40.9 Å². The Morgan fingerprint density at radius 3 is 2.53 bits per heavy atom. The van der Waals surface area contributed by atoms with E-state index in [0.717, 1.165) is 39.0 Å². The SMILES string of the molecule is Cc1ccc(C2=NN3C(C2)c2cc(Br)ccc2OC3c2ccc([N+](=O)[O-])cc2)cc1. The van der Waals surface area contributed by atoms with Crippen molar-refractivity contribution in [1.82, 2.24) is 5.01 Å². The molecule has 30 heavy (non-hydrogen) atoms. The summed E-state index contributed by atoms with van der Waals surface area (Å²) in [6, 6.07) is 20.9. The van der Waals surface area contributed by atoms with Gasteiger partial charge in [-0.2, -0.15) is 5.10 Å². The number of fused-ring (bicyclic) bond motifs is 3. The summed E-state index contributed by atoms with van der Waals surface area (Å²) in [5.74, 6) is 0.808. The molecule has 0 aliphatic carbocycles. The fraction of sp³-hybridized carbons (Fsp3) is 0.174. The van der Waals surface area contributed by atoms with E-state index in [1.54, 1.807) is 12.1 Å². The molecule has 0 spiro atoms. The van der Waals surface area contributed by atoms with Gasteiger partial charge < -0.3 is 4.74 Å². The highest BCUT2D eigenvalue weighted by Gasteiger charge is 2.41. The second-order valence-corrected chi connectivity index (χ2v) is 8.43. The third-order valence-corrected chi connectivity index (χ3v) is 6.02. The van der Waals surface area contributed by atoms with Crippen molar-refractivity contribution in [3.8, 4) is 5.75 Å². The van der Waals surface area contributed by atoms with E-state index in [0.29, 0.717) is 0 Å². The van der Waals surface area contributed by atoms with Crippen LogP contribution in [-0.2, 0) is 0 Å². The molecule has 150 valence electrons. The van der Waals surface area contributed by atoms with Gasteiger partial charge in [-0.25, -0.2) is 5.01 Å². The number of ether oxygens (including phenoxy) is 1. The lowest BCUT2D eigenvalue weighted by atomic mass is 9.95. The van der Waals surface area contributed by atoms with Crippen molar-refractivity contribution in [2.45, 2.75) is 25.6 Å². The standard InChI is InChI=1S/C23H18BrN3O3/c1-14-2-4-15(5-3-14)20-13-21-19-12-17(24)8-11-22(19)30-23(26(21)25-20)16-6-9-18(10-7-16)27(28)29/h2-12,21,23H,13H2,1H3. The Morgan fingerprint density at radius 1 is 1.10 bits per heavy atom. The normalized spacial score (nSPS) is 19.5. The summed E-state index contributed by atoms with van der Waals surface area (Å²) in [4.78, 5) is 10.6. The Kier molecular flexibility index (Phi) is 4.55. The molecule has 3 aromatic carbocycles. The number of benzene rings is 3. The summed E-state index contributed by atoms with van der Waals surface area (Å²) in [6.45, 7) is 2.07. The van der Waals surface area contributed by atoms with Gasteiger partial charge in [-0.15, -0.1) is 0 Å². The molecular weight excluding hydrogens is 446 g/mol. The molecule has 0 fully saturated rings. The van der Waals surface area contributed by atoms with E-state index in [2.05, 4.69) is 53.2 Å². The van der Waals surface area contributed by atoms with E-state index >= 15 is 0 Å². The predicted molar refractivity (Wildman–Crippen MR) is 118 cm³/mol. The molecule has 0 saturated carbocycles. The number of non-ortho nitro benzene ring substituents is 1. The fourth-order valence-corrected chi connectivity index (χ4v) is 4.34. The molecule has 0 N–H and O–H groups in total. The highest BCUT2D eigenvalue weighted by atomic mass is 79.9. The van der Waals surface area contributed by atoms with Gasteiger partial charge in [0.1, 0.15) is 5.75 Å². The number of nitro benzene ring substituents is 1. The average molecular weight is 464 g/mol. The van der Waals surface area contributed by atoms with Crippen molar-refractivity contribution in [3.05, 3.63) is 104 Å². The number of nitrogens with zero attached hydrogens (tertiary/aromatic N) is 3. The average Bonchev–Trinajstić information content (AvgIpc) is 3.19. The van der Waals surface area contributed by atoms with Gasteiger partial charge in [0.15, 0.2) is 0 Å². The summed E-state index contributed by atoms with van der Waals surface area (Å²) in [6.07, 6.45) is 0.312. The smallest absolute Gasteiger partial charge is 0.269 e. The molecule has 2 aliphatic heterocycles. The van der Waals surface area contributed by atoms with Gasteiger partial charge in [-0.1, -0.05) is 45.8 Å². The number of nitro groups is 1. The Bertz CT molecular complexity index is 1160. The van der Waals surface area contributed by atoms with Crippen molar-refractivity contribution >= 4 is 27.3 Å². The first kappa shape index (κ1) is 18.8. The maximum atomic E-state index is 11.0. The fourth-order valence-electron chi connectivity index (χ4n) is 3.96. The first-order valence-electron chi connectivity index (χ1n) is 9.63. The number of halogens is 1. The summed E-state index contributed by atoms with van der Waals surface area (Å²) >= 11 is 3.56. The third kappa shape index (κ3) is 3.25. The minimum Gasteiger partial charge on any atom is -0.464 e. The topological polar surface area (TPSA) is 68.0 Å². The molecule has 2 atom stereocenters. The van der Waals surface area contributed by atoms with Crippen LogP contribution in [0.4, 0.5) is 5.69 Å². The van der Waals surface area contributed by atoms with Gasteiger partial charge in [-0.05, 0) is 42.8 Å². The van der Waals surface area contributed by atoms with Crippen LogP contribution in [0, 0.1) is 17.0 Å². The highest BCUT2D eigenvalue weighted by Crippen LogP contribution is 2.48. The van der Waals surface area contributed by atoms with E-state index in [9.17, 15) is 10.1 Å². The van der Waals surface area contributed by atoms with E-state index in [1.165, 1.54) is 17.7 Å². The first-order chi connectivity index (χ1) is 14.5. The van der Waals surface area contributed by atoms with Crippen LogP contribution in [0.25, 0.3) is 0 Å². The first-order valence-corrected chi connectivity index (χ1v) is 10.4. The monoisotopic (exact) mass is 463 g/mol. The summed E-state index contributed by atoms with van der Waals surface area (Å²) in [7, 11) is 0. The van der Waals surface area contributed by atoms with Crippen LogP contribution < -0.4 is 4.74 Å². The zero-order valence-corrected chi connectivity index (χ0v) is 17.7. The van der Waals surface area contributed by atoms with E-state index in [1.807, 2.05) is 17.1 Å². The molecule has 5 rings (SSSR count). The molecule has 0 amide bonds. The van der Waals surface area contributed by atoms with E-state index < -0.39 is 11.2 Å². The van der Waals surface area contributed by atoms with Gasteiger partial charge in [0, 0.05) is 34.2 Å². The van der Waals surface area contributed by atoms with Crippen molar-refractivity contribution in [2.75, 3.05) is 0 Å². The molecule has 2 heterocycles. The molecule has 0 radical (unpaired) electrons. The molecule has 6 nitrogen and oxygen atoms in total. The molecule has 2 aliphatic rings. The molecule has 3 aromatic rings. The number of hydrogen-bond acceptors (Lipinski definition) is 5. The Balaban J connectivity index is 1.57. The predicted octanol–water partition coefficient (Wildman–Crippen LogP) is 5.91. The molecular formula is C23H18BrN3O3. The van der Waals surface area contributed by atoms with Crippen molar-refractivity contribution < 1.29 is 9.66 Å². The Labute approximate surface area is 182 Å². The van der Waals surface area contributed by atoms with Crippen LogP contribution in [0.2, 0.25) is 0 Å². The number of hydrogen-bond donors (Lipinski definition) is 0. The molecule has 2 unspecified atom stereocenters. The maximum Gasteiger partial charge on any atom is 0.269 e. The minimum absolute atomic E-state index is 0.0303. The summed E-state index contributed by atoms with van der Waals surface area (Å²) in [5, 5.41) is 17.9. The largest absolute Gasteiger partial charge is 0.464 e. The van der Waals surface area contributed by atoms with Crippen LogP contribution in [0.15, 0.2) is 76.3 Å². The zero-order valence-electron chi connectivity index (χ0n) is 16.2. The van der Waals surface area contributed by atoms with Gasteiger partial charge >= 0.3 is 0 Å². The Morgan fingerprint density at radius 2 is 1.83 bits per heavy atom. The van der Waals surface area contributed by atoms with Crippen LogP contribution in [0.5, 0.6) is 5.75 Å². The van der Waals surface area contributed by atoms with E-state index in [-0.39, 0.29) is 11.7 Å². The lowest BCUT2D eigenvalue weighted by Crippen LogP contribution is -2.33. The van der Waals surface area contributed by atoms with Crippen molar-refractivity contribution in [2.24, 2.45) is 5.10 Å². The number of hydrazone groups is 1. The second-order valence-electron chi connectivity index (χ2n) is 7.51. The van der Waals surface area contributed by atoms with Gasteiger partial charge in [0.05, 0.1) is 16.7 Å². The Hall–Kier alpha value is -3.19. The van der Waals surface area contributed by atoms with Gasteiger partial charge in [0.2, 0.25) is 6.23 Å². The quantitative estimate of drug-likeness (QED) is 0.357. The van der Waals surface area contributed by atoms with Crippen molar-refractivity contribution in [3.63, 3.8) is 0 Å². The summed E-state index contributed by atoms with van der Waals surface area (Å²) < 4.78 is 7.31. The van der Waals surface area contributed by atoms with Crippen LogP contribution in [0.3, 0.4) is 0 Å². The van der Waals surface area contributed by atoms with Crippen LogP contribution >= 0.6 is 15.9 Å². The zero-order chi connectivity index (χ0) is 20.8. The van der Waals surface area contributed by atoms with Crippen molar-refractivity contribution in [1.29, 1.82) is 0 Å². The highest BCUT2D eigenvalue weighted by molar-refractivity contribution is 9.10. The molecule has 0 aromatic heterocycles. The van der Waals surface area contributed by atoms with Crippen LogP contribution in [-0.4, -0.2) is 15.6 Å². The second kappa shape index (κ2) is 7.25.